The third-order valence-electron chi connectivity index (χ3n) is 5.06. The Morgan fingerprint density at radius 3 is 2.43 bits per heavy atom. The molecule has 0 spiro atoms. The molecular weight excluding hydrogens is 419 g/mol. The molecule has 0 saturated carbocycles. The highest BCUT2D eigenvalue weighted by Crippen LogP contribution is 2.32. The van der Waals surface area contributed by atoms with Crippen LogP contribution in [0.15, 0.2) is 36.4 Å². The molecule has 0 atom stereocenters. The number of amides is 1. The van der Waals surface area contributed by atoms with Gasteiger partial charge in [0.25, 0.3) is 5.91 Å². The molecule has 30 heavy (non-hydrogen) atoms. The highest BCUT2D eigenvalue weighted by molar-refractivity contribution is 6.36. The van der Waals surface area contributed by atoms with E-state index in [9.17, 15) is 18.0 Å². The van der Waals surface area contributed by atoms with Crippen molar-refractivity contribution in [2.75, 3.05) is 26.2 Å². The van der Waals surface area contributed by atoms with Crippen molar-refractivity contribution in [3.63, 3.8) is 0 Å². The van der Waals surface area contributed by atoms with Gasteiger partial charge < -0.3 is 4.90 Å². The van der Waals surface area contributed by atoms with Crippen LogP contribution < -0.4 is 0 Å². The summed E-state index contributed by atoms with van der Waals surface area (Å²) in [5.41, 5.74) is -0.0718. The summed E-state index contributed by atoms with van der Waals surface area (Å²) >= 11 is 6.23. The molecule has 1 amide bonds. The number of carbonyl (C=O) groups excluding carboxylic acids is 1. The van der Waals surface area contributed by atoms with Gasteiger partial charge in [-0.15, -0.1) is 0 Å². The third kappa shape index (κ3) is 3.99. The van der Waals surface area contributed by atoms with Crippen molar-refractivity contribution in [2.24, 2.45) is 0 Å². The number of piperazine rings is 1. The predicted octanol–water partition coefficient (Wildman–Crippen LogP) is 3.67. The number of benzene rings is 1. The average molecular weight is 438 g/mol. The van der Waals surface area contributed by atoms with Crippen LogP contribution >= 0.6 is 11.6 Å². The minimum Gasteiger partial charge on any atom is -0.335 e. The summed E-state index contributed by atoms with van der Waals surface area (Å²) in [6.45, 7) is 4.39. The van der Waals surface area contributed by atoms with Crippen molar-refractivity contribution in [2.45, 2.75) is 19.6 Å². The molecule has 0 radical (unpaired) electrons. The molecule has 1 saturated heterocycles. The van der Waals surface area contributed by atoms with Gasteiger partial charge >= 0.3 is 6.18 Å². The number of carbonyl (C=O) groups is 1. The number of nitrogens with zero attached hydrogens (tertiary/aromatic N) is 5. The van der Waals surface area contributed by atoms with E-state index in [0.717, 1.165) is 12.6 Å². The highest BCUT2D eigenvalue weighted by Gasteiger charge is 2.37. The number of fused-ring (bicyclic) bond motifs is 1. The van der Waals surface area contributed by atoms with Crippen molar-refractivity contribution in [1.82, 2.24) is 24.4 Å². The van der Waals surface area contributed by atoms with E-state index < -0.39 is 17.8 Å². The summed E-state index contributed by atoms with van der Waals surface area (Å²) in [6.07, 6.45) is -4.65. The first-order valence-electron chi connectivity index (χ1n) is 9.42. The van der Waals surface area contributed by atoms with Crippen LogP contribution in [0.25, 0.3) is 5.65 Å². The molecule has 0 aliphatic carbocycles. The normalized spacial score (nSPS) is 15.7. The van der Waals surface area contributed by atoms with Crippen molar-refractivity contribution >= 4 is 23.2 Å². The lowest BCUT2D eigenvalue weighted by Gasteiger charge is -2.34. The SMILES string of the molecule is Cc1cc(C(F)(F)F)n2nc(C(=O)N3CCN(Cc4ccccc4)CC3)c(Cl)c2n1. The van der Waals surface area contributed by atoms with Crippen LogP contribution in [0.4, 0.5) is 13.2 Å². The molecule has 4 rings (SSSR count). The Morgan fingerprint density at radius 2 is 1.80 bits per heavy atom. The van der Waals surface area contributed by atoms with Crippen LogP contribution in [0, 0.1) is 6.92 Å². The zero-order valence-electron chi connectivity index (χ0n) is 16.2. The topological polar surface area (TPSA) is 53.7 Å². The first-order valence-corrected chi connectivity index (χ1v) is 9.80. The number of rotatable bonds is 3. The van der Waals surface area contributed by atoms with Gasteiger partial charge in [0, 0.05) is 38.4 Å². The van der Waals surface area contributed by atoms with Gasteiger partial charge in [-0.3, -0.25) is 9.69 Å². The lowest BCUT2D eigenvalue weighted by Crippen LogP contribution is -2.48. The first-order chi connectivity index (χ1) is 14.2. The predicted molar refractivity (Wildman–Crippen MR) is 105 cm³/mol. The van der Waals surface area contributed by atoms with Crippen LogP contribution in [0.1, 0.15) is 27.4 Å². The van der Waals surface area contributed by atoms with Gasteiger partial charge in [-0.1, -0.05) is 41.9 Å². The second-order valence-electron chi connectivity index (χ2n) is 7.23. The Hall–Kier alpha value is -2.65. The Balaban J connectivity index is 1.53. The molecule has 1 aromatic carbocycles. The Morgan fingerprint density at radius 1 is 1.13 bits per heavy atom. The fourth-order valence-electron chi connectivity index (χ4n) is 3.55. The van der Waals surface area contributed by atoms with Crippen LogP contribution in [0.3, 0.4) is 0 Å². The van der Waals surface area contributed by atoms with E-state index >= 15 is 0 Å². The molecule has 0 unspecified atom stereocenters. The average Bonchev–Trinajstić information content (AvgIpc) is 3.04. The first kappa shape index (κ1) is 20.6. The van der Waals surface area contributed by atoms with Gasteiger partial charge in [0.15, 0.2) is 11.3 Å². The van der Waals surface area contributed by atoms with E-state index in [1.807, 2.05) is 30.3 Å². The largest absolute Gasteiger partial charge is 0.433 e. The van der Waals surface area contributed by atoms with Crippen LogP contribution in [-0.2, 0) is 12.7 Å². The number of hydrogen-bond donors (Lipinski definition) is 0. The Kier molecular flexibility index (Phi) is 5.42. The molecule has 1 aliphatic heterocycles. The maximum atomic E-state index is 13.4. The number of aryl methyl sites for hydroxylation is 1. The third-order valence-corrected chi connectivity index (χ3v) is 5.41. The minimum absolute atomic E-state index is 0.144. The molecule has 158 valence electrons. The number of aromatic nitrogens is 3. The maximum Gasteiger partial charge on any atom is 0.433 e. The smallest absolute Gasteiger partial charge is 0.335 e. The molecule has 3 heterocycles. The lowest BCUT2D eigenvalue weighted by atomic mass is 10.2. The van der Waals surface area contributed by atoms with Crippen molar-refractivity contribution in [3.8, 4) is 0 Å². The fourth-order valence-corrected chi connectivity index (χ4v) is 3.79. The Bertz CT molecular complexity index is 1080. The van der Waals surface area contributed by atoms with Crippen molar-refractivity contribution in [3.05, 3.63) is 64.1 Å². The van der Waals surface area contributed by atoms with E-state index in [4.69, 9.17) is 11.6 Å². The van der Waals surface area contributed by atoms with Crippen molar-refractivity contribution in [1.29, 1.82) is 0 Å². The highest BCUT2D eigenvalue weighted by atomic mass is 35.5. The Labute approximate surface area is 175 Å². The molecule has 3 aromatic rings. The molecular formula is C20H19ClF3N5O. The molecule has 2 aromatic heterocycles. The summed E-state index contributed by atoms with van der Waals surface area (Å²) in [5, 5.41) is 3.71. The zero-order valence-corrected chi connectivity index (χ0v) is 16.9. The number of hydrogen-bond acceptors (Lipinski definition) is 4. The molecule has 0 bridgehead atoms. The van der Waals surface area contributed by atoms with Gasteiger partial charge in [0.2, 0.25) is 0 Å². The standard InChI is InChI=1S/C20H19ClF3N5O/c1-13-11-15(20(22,23)24)29-18(25-13)16(21)17(26-29)19(30)28-9-7-27(8-10-28)12-14-5-3-2-4-6-14/h2-6,11H,7-10,12H2,1H3. The quantitative estimate of drug-likeness (QED) is 0.627. The summed E-state index contributed by atoms with van der Waals surface area (Å²) < 4.78 is 40.8. The summed E-state index contributed by atoms with van der Waals surface area (Å²) in [6, 6.07) is 10.9. The van der Waals surface area contributed by atoms with Crippen LogP contribution in [0.2, 0.25) is 5.02 Å². The van der Waals surface area contributed by atoms with Gasteiger partial charge in [0.1, 0.15) is 10.7 Å². The summed E-state index contributed by atoms with van der Waals surface area (Å²) in [4.78, 5) is 20.8. The van der Waals surface area contributed by atoms with Gasteiger partial charge in [-0.25, -0.2) is 9.50 Å². The molecule has 1 aliphatic rings. The monoisotopic (exact) mass is 437 g/mol. The van der Waals surface area contributed by atoms with Crippen LogP contribution in [0.5, 0.6) is 0 Å². The van der Waals surface area contributed by atoms with Crippen LogP contribution in [-0.4, -0.2) is 56.5 Å². The lowest BCUT2D eigenvalue weighted by molar-refractivity contribution is -0.142. The second-order valence-corrected chi connectivity index (χ2v) is 7.61. The number of halogens is 4. The minimum atomic E-state index is -4.65. The van der Waals surface area contributed by atoms with Gasteiger partial charge in [-0.2, -0.15) is 18.3 Å². The molecule has 10 heteroatoms. The zero-order chi connectivity index (χ0) is 21.5. The van der Waals surface area contributed by atoms with E-state index in [1.54, 1.807) is 4.90 Å². The van der Waals surface area contributed by atoms with Gasteiger partial charge in [-0.05, 0) is 18.6 Å². The van der Waals surface area contributed by atoms with E-state index in [2.05, 4.69) is 15.0 Å². The second kappa shape index (κ2) is 7.88. The van der Waals surface area contributed by atoms with E-state index in [-0.39, 0.29) is 22.1 Å². The molecule has 1 fully saturated rings. The van der Waals surface area contributed by atoms with E-state index in [0.29, 0.717) is 30.7 Å². The fraction of sp³-hybridized carbons (Fsp3) is 0.350. The molecule has 0 N–H and O–H groups in total. The maximum absolute atomic E-state index is 13.4. The number of alkyl halides is 3. The van der Waals surface area contributed by atoms with Crippen molar-refractivity contribution < 1.29 is 18.0 Å². The van der Waals surface area contributed by atoms with E-state index in [1.165, 1.54) is 12.5 Å². The molecule has 6 nitrogen and oxygen atoms in total. The van der Waals surface area contributed by atoms with Gasteiger partial charge in [0.05, 0.1) is 0 Å². The summed E-state index contributed by atoms with van der Waals surface area (Å²) in [5.74, 6) is -0.490. The summed E-state index contributed by atoms with van der Waals surface area (Å²) in [7, 11) is 0.